The Hall–Kier alpha value is -0.690. The molecule has 5 nitrogen and oxygen atoms in total. The number of rotatable bonds is 4. The summed E-state index contributed by atoms with van der Waals surface area (Å²) < 4.78 is 42.0. The third-order valence-corrected chi connectivity index (χ3v) is 1.88. The molecule has 0 amide bonds. The van der Waals surface area contributed by atoms with E-state index in [0.717, 1.165) is 20.3 Å². The van der Waals surface area contributed by atoms with Gasteiger partial charge in [-0.3, -0.25) is 0 Å². The van der Waals surface area contributed by atoms with Crippen molar-refractivity contribution in [2.45, 2.75) is 12.5 Å². The Kier molecular flexibility index (Phi) is 3.80. The fraction of sp³-hybridized carbons (Fsp3) is 0.833. The second-order valence-corrected chi connectivity index (χ2v) is 4.22. The summed E-state index contributed by atoms with van der Waals surface area (Å²) in [5, 5.41) is 0. The molecule has 0 N–H and O–H groups in total. The normalized spacial score (nSPS) is 16.3. The highest BCUT2D eigenvalue weighted by atomic mass is 32.2. The highest BCUT2D eigenvalue weighted by molar-refractivity contribution is 7.86. The van der Waals surface area contributed by atoms with Crippen LogP contribution >= 0.6 is 0 Å². The van der Waals surface area contributed by atoms with Gasteiger partial charge in [-0.2, -0.15) is 8.42 Å². The maximum Gasteiger partial charge on any atom is 0.342 e. The third-order valence-electron chi connectivity index (χ3n) is 1.21. The summed E-state index contributed by atoms with van der Waals surface area (Å²) in [6, 6.07) is 0. The number of hydrogen-bond donors (Lipinski definition) is 0. The maximum absolute atomic E-state index is 12.3. The minimum Gasteiger partial charge on any atom is -0.467 e. The van der Waals surface area contributed by atoms with Gasteiger partial charge in [0.15, 0.2) is 0 Å². The number of alkyl halides is 1. The standard InChI is InChI=1S/C6H11FO5S/c1-6(4-7,5(8)11-2)12-13(3,9)10/h4H2,1-3H3. The molecular weight excluding hydrogens is 203 g/mol. The van der Waals surface area contributed by atoms with Gasteiger partial charge in [0.05, 0.1) is 13.4 Å². The smallest absolute Gasteiger partial charge is 0.342 e. The Morgan fingerprint density at radius 3 is 2.23 bits per heavy atom. The van der Waals surface area contributed by atoms with E-state index in [2.05, 4.69) is 8.92 Å². The van der Waals surface area contributed by atoms with E-state index in [1.807, 2.05) is 0 Å². The van der Waals surface area contributed by atoms with Crippen molar-refractivity contribution in [3.8, 4) is 0 Å². The molecule has 0 aliphatic heterocycles. The number of ether oxygens (including phenoxy) is 1. The zero-order chi connectivity index (χ0) is 10.7. The van der Waals surface area contributed by atoms with Crippen molar-refractivity contribution in [1.82, 2.24) is 0 Å². The summed E-state index contributed by atoms with van der Waals surface area (Å²) >= 11 is 0. The second kappa shape index (κ2) is 4.01. The zero-order valence-corrected chi connectivity index (χ0v) is 8.35. The molecule has 0 saturated heterocycles. The SMILES string of the molecule is COC(=O)C(C)(CF)OS(C)(=O)=O. The van der Waals surface area contributed by atoms with Crippen LogP contribution in [0.15, 0.2) is 0 Å². The summed E-state index contributed by atoms with van der Waals surface area (Å²) in [6.07, 6.45) is 0.726. The first-order valence-corrected chi connectivity index (χ1v) is 5.12. The molecule has 0 spiro atoms. The lowest BCUT2D eigenvalue weighted by Crippen LogP contribution is -2.43. The lowest BCUT2D eigenvalue weighted by Gasteiger charge is -2.21. The summed E-state index contributed by atoms with van der Waals surface area (Å²) in [6.45, 7) is -0.271. The fourth-order valence-corrected chi connectivity index (χ4v) is 1.44. The van der Waals surface area contributed by atoms with Gasteiger partial charge in [0.2, 0.25) is 5.60 Å². The molecule has 0 fully saturated rings. The first kappa shape index (κ1) is 12.3. The van der Waals surface area contributed by atoms with Crippen LogP contribution in [0.25, 0.3) is 0 Å². The van der Waals surface area contributed by atoms with Crippen molar-refractivity contribution in [3.05, 3.63) is 0 Å². The first-order chi connectivity index (χ1) is 5.75. The van der Waals surface area contributed by atoms with Gasteiger partial charge in [-0.1, -0.05) is 0 Å². The molecule has 0 aromatic rings. The van der Waals surface area contributed by atoms with E-state index in [0.29, 0.717) is 0 Å². The van der Waals surface area contributed by atoms with Gasteiger partial charge < -0.3 is 4.74 Å². The Morgan fingerprint density at radius 1 is 1.54 bits per heavy atom. The molecule has 0 aliphatic rings. The van der Waals surface area contributed by atoms with Gasteiger partial charge in [0.1, 0.15) is 6.67 Å². The van der Waals surface area contributed by atoms with Gasteiger partial charge in [-0.25, -0.2) is 13.4 Å². The maximum atomic E-state index is 12.3. The fourth-order valence-electron chi connectivity index (χ4n) is 0.661. The zero-order valence-electron chi connectivity index (χ0n) is 7.53. The van der Waals surface area contributed by atoms with Crippen molar-refractivity contribution in [1.29, 1.82) is 0 Å². The molecule has 1 unspecified atom stereocenters. The van der Waals surface area contributed by atoms with Gasteiger partial charge in [-0.05, 0) is 6.92 Å². The van der Waals surface area contributed by atoms with Crippen LogP contribution < -0.4 is 0 Å². The second-order valence-electron chi connectivity index (χ2n) is 2.64. The molecule has 7 heteroatoms. The van der Waals surface area contributed by atoms with Gasteiger partial charge >= 0.3 is 5.97 Å². The molecular formula is C6H11FO5S. The number of methoxy groups -OCH3 is 1. The third kappa shape index (κ3) is 3.69. The molecule has 0 aromatic heterocycles. The topological polar surface area (TPSA) is 69.7 Å². The first-order valence-electron chi connectivity index (χ1n) is 3.30. The van der Waals surface area contributed by atoms with E-state index in [9.17, 15) is 17.6 Å². The van der Waals surface area contributed by atoms with Crippen LogP contribution in [-0.4, -0.2) is 40.0 Å². The number of carbonyl (C=O) groups excluding carboxylic acids is 1. The van der Waals surface area contributed by atoms with Gasteiger partial charge in [0.25, 0.3) is 10.1 Å². The summed E-state index contributed by atoms with van der Waals surface area (Å²) in [7, 11) is -2.87. The van der Waals surface area contributed by atoms with Crippen LogP contribution in [0.4, 0.5) is 4.39 Å². The van der Waals surface area contributed by atoms with E-state index in [1.54, 1.807) is 0 Å². The molecule has 0 heterocycles. The van der Waals surface area contributed by atoms with Crippen LogP contribution in [0.5, 0.6) is 0 Å². The molecule has 0 bridgehead atoms. The average Bonchev–Trinajstić information content (AvgIpc) is 1.99. The van der Waals surface area contributed by atoms with E-state index >= 15 is 0 Å². The predicted molar refractivity (Wildman–Crippen MR) is 42.3 cm³/mol. The molecule has 0 radical (unpaired) electrons. The van der Waals surface area contributed by atoms with Crippen molar-refractivity contribution in [2.24, 2.45) is 0 Å². The summed E-state index contributed by atoms with van der Waals surface area (Å²) in [5.74, 6) is -1.07. The van der Waals surface area contributed by atoms with E-state index < -0.39 is 28.4 Å². The van der Waals surface area contributed by atoms with Gasteiger partial charge in [-0.15, -0.1) is 0 Å². The Balaban J connectivity index is 4.76. The Morgan fingerprint density at radius 2 is 2.00 bits per heavy atom. The van der Waals surface area contributed by atoms with Crippen LogP contribution in [-0.2, 0) is 23.8 Å². The number of esters is 1. The molecule has 78 valence electrons. The van der Waals surface area contributed by atoms with E-state index in [1.165, 1.54) is 0 Å². The number of halogens is 1. The number of carbonyl (C=O) groups is 1. The predicted octanol–water partition coefficient (Wildman–Crippen LogP) is -0.136. The lowest BCUT2D eigenvalue weighted by molar-refractivity contribution is -0.158. The molecule has 0 saturated carbocycles. The lowest BCUT2D eigenvalue weighted by atomic mass is 10.1. The highest BCUT2D eigenvalue weighted by Gasteiger charge is 2.39. The van der Waals surface area contributed by atoms with Crippen molar-refractivity contribution < 1.29 is 26.5 Å². The highest BCUT2D eigenvalue weighted by Crippen LogP contribution is 2.15. The minimum absolute atomic E-state index is 0.726. The Labute approximate surface area is 76.0 Å². The summed E-state index contributed by atoms with van der Waals surface area (Å²) in [5.41, 5.74) is -2.08. The average molecular weight is 214 g/mol. The van der Waals surface area contributed by atoms with Crippen LogP contribution in [0, 0.1) is 0 Å². The van der Waals surface area contributed by atoms with Crippen molar-refractivity contribution in [3.63, 3.8) is 0 Å². The van der Waals surface area contributed by atoms with Crippen molar-refractivity contribution in [2.75, 3.05) is 20.0 Å². The molecule has 0 aromatic carbocycles. The van der Waals surface area contributed by atoms with E-state index in [-0.39, 0.29) is 0 Å². The summed E-state index contributed by atoms with van der Waals surface area (Å²) in [4.78, 5) is 10.9. The van der Waals surface area contributed by atoms with E-state index in [4.69, 9.17) is 0 Å². The van der Waals surface area contributed by atoms with Gasteiger partial charge in [0, 0.05) is 0 Å². The molecule has 0 rings (SSSR count). The van der Waals surface area contributed by atoms with Crippen LogP contribution in [0.2, 0.25) is 0 Å². The molecule has 1 atom stereocenters. The molecule has 0 aliphatic carbocycles. The molecule has 13 heavy (non-hydrogen) atoms. The van der Waals surface area contributed by atoms with Crippen LogP contribution in [0.3, 0.4) is 0 Å². The number of hydrogen-bond acceptors (Lipinski definition) is 5. The van der Waals surface area contributed by atoms with Crippen LogP contribution in [0.1, 0.15) is 6.92 Å². The quantitative estimate of drug-likeness (QED) is 0.481. The largest absolute Gasteiger partial charge is 0.467 e. The monoisotopic (exact) mass is 214 g/mol. The minimum atomic E-state index is -3.89. The Bertz CT molecular complexity index is 285. The van der Waals surface area contributed by atoms with Crippen molar-refractivity contribution >= 4 is 16.1 Å².